The van der Waals surface area contributed by atoms with Crippen LogP contribution in [0, 0.1) is 5.41 Å². The summed E-state index contributed by atoms with van der Waals surface area (Å²) in [6, 6.07) is 5.63. The van der Waals surface area contributed by atoms with Crippen LogP contribution in [0.2, 0.25) is 0 Å². The number of fused-ring (bicyclic) bond motifs is 1. The van der Waals surface area contributed by atoms with Crippen molar-refractivity contribution >= 4 is 17.7 Å². The lowest BCUT2D eigenvalue weighted by Gasteiger charge is -2.29. The van der Waals surface area contributed by atoms with Gasteiger partial charge in [-0.3, -0.25) is 24.6 Å². The van der Waals surface area contributed by atoms with Gasteiger partial charge in [0.05, 0.1) is 0 Å². The second-order valence-electron chi connectivity index (χ2n) is 9.16. The van der Waals surface area contributed by atoms with Gasteiger partial charge in [-0.15, -0.1) is 0 Å². The Hall–Kier alpha value is -2.25. The molecule has 2 saturated heterocycles. The molecule has 0 radical (unpaired) electrons. The summed E-state index contributed by atoms with van der Waals surface area (Å²) in [5, 5.41) is 2.37. The topological polar surface area (TPSA) is 95.7 Å². The van der Waals surface area contributed by atoms with Crippen LogP contribution in [0.25, 0.3) is 0 Å². The number of amides is 3. The minimum Gasteiger partial charge on any atom is -0.327 e. The summed E-state index contributed by atoms with van der Waals surface area (Å²) in [5.41, 5.74) is 9.57. The number of imide groups is 1. The summed E-state index contributed by atoms with van der Waals surface area (Å²) >= 11 is 0. The van der Waals surface area contributed by atoms with Crippen molar-refractivity contribution in [1.82, 2.24) is 15.1 Å². The van der Waals surface area contributed by atoms with Gasteiger partial charge in [0, 0.05) is 37.7 Å². The number of benzene rings is 1. The first-order chi connectivity index (χ1) is 14.0. The molecular weight excluding hydrogens is 368 g/mol. The SMILES string of the molecule is NC1CCCC12CCN(Cc1cccc3c1CN(C1CCC(=O)NC1=O)C3=O)C2. The van der Waals surface area contributed by atoms with Crippen molar-refractivity contribution in [1.29, 1.82) is 0 Å². The number of piperidine rings is 1. The normalized spacial score (nSPS) is 32.3. The van der Waals surface area contributed by atoms with E-state index in [1.54, 1.807) is 4.90 Å². The number of nitrogens with two attached hydrogens (primary N) is 1. The molecule has 154 valence electrons. The van der Waals surface area contributed by atoms with Crippen molar-refractivity contribution in [3.8, 4) is 0 Å². The van der Waals surface area contributed by atoms with E-state index < -0.39 is 6.04 Å². The molecule has 3 heterocycles. The number of carbonyl (C=O) groups is 3. The Morgan fingerprint density at radius 2 is 2.03 bits per heavy atom. The largest absolute Gasteiger partial charge is 0.327 e. The predicted molar refractivity (Wildman–Crippen MR) is 107 cm³/mol. The maximum absolute atomic E-state index is 13.0. The average Bonchev–Trinajstić information content (AvgIpc) is 3.36. The van der Waals surface area contributed by atoms with Crippen LogP contribution in [0.1, 0.15) is 60.0 Å². The first-order valence-electron chi connectivity index (χ1n) is 10.7. The highest BCUT2D eigenvalue weighted by molar-refractivity contribution is 6.05. The molecule has 5 rings (SSSR count). The first-order valence-corrected chi connectivity index (χ1v) is 10.7. The molecule has 3 unspecified atom stereocenters. The van der Waals surface area contributed by atoms with Crippen molar-refractivity contribution in [2.24, 2.45) is 11.1 Å². The van der Waals surface area contributed by atoms with Crippen LogP contribution < -0.4 is 11.1 Å². The number of hydrogen-bond donors (Lipinski definition) is 2. The molecule has 0 bridgehead atoms. The fourth-order valence-corrected chi connectivity index (χ4v) is 5.83. The zero-order valence-electron chi connectivity index (χ0n) is 16.7. The van der Waals surface area contributed by atoms with Gasteiger partial charge >= 0.3 is 0 Å². The Balaban J connectivity index is 1.34. The third-order valence-electron chi connectivity index (χ3n) is 7.51. The van der Waals surface area contributed by atoms with E-state index >= 15 is 0 Å². The highest BCUT2D eigenvalue weighted by Crippen LogP contribution is 2.45. The molecule has 3 N–H and O–H groups in total. The lowest BCUT2D eigenvalue weighted by molar-refractivity contribution is -0.136. The first kappa shape index (κ1) is 18.8. The highest BCUT2D eigenvalue weighted by atomic mass is 16.2. The van der Waals surface area contributed by atoms with E-state index in [1.807, 2.05) is 12.1 Å². The molecule has 1 saturated carbocycles. The van der Waals surface area contributed by atoms with Crippen LogP contribution in [-0.4, -0.2) is 52.7 Å². The number of rotatable bonds is 3. The average molecular weight is 396 g/mol. The molecular formula is C22H28N4O3. The fraction of sp³-hybridized carbons (Fsp3) is 0.591. The van der Waals surface area contributed by atoms with Gasteiger partial charge < -0.3 is 10.6 Å². The zero-order valence-corrected chi connectivity index (χ0v) is 16.7. The Morgan fingerprint density at radius 3 is 2.79 bits per heavy atom. The molecule has 29 heavy (non-hydrogen) atoms. The number of hydrogen-bond acceptors (Lipinski definition) is 5. The van der Waals surface area contributed by atoms with E-state index in [9.17, 15) is 14.4 Å². The fourth-order valence-electron chi connectivity index (χ4n) is 5.83. The summed E-state index contributed by atoms with van der Waals surface area (Å²) in [6.07, 6.45) is 5.41. The molecule has 1 aromatic carbocycles. The number of carbonyl (C=O) groups excluding carboxylic acids is 3. The lowest BCUT2D eigenvalue weighted by Crippen LogP contribution is -2.52. The quantitative estimate of drug-likeness (QED) is 0.748. The monoisotopic (exact) mass is 396 g/mol. The minimum absolute atomic E-state index is 0.105. The second-order valence-corrected chi connectivity index (χ2v) is 9.16. The van der Waals surface area contributed by atoms with Crippen molar-refractivity contribution < 1.29 is 14.4 Å². The second kappa shape index (κ2) is 6.92. The molecule has 3 fully saturated rings. The molecule has 3 amide bonds. The van der Waals surface area contributed by atoms with Gasteiger partial charge in [-0.2, -0.15) is 0 Å². The van der Waals surface area contributed by atoms with Gasteiger partial charge in [-0.05, 0) is 54.8 Å². The number of nitrogens with zero attached hydrogens (tertiary/aromatic N) is 2. The van der Waals surface area contributed by atoms with Gasteiger partial charge in [-0.1, -0.05) is 18.6 Å². The highest BCUT2D eigenvalue weighted by Gasteiger charge is 2.46. The van der Waals surface area contributed by atoms with Crippen LogP contribution >= 0.6 is 0 Å². The van der Waals surface area contributed by atoms with Crippen LogP contribution in [0.5, 0.6) is 0 Å². The predicted octanol–water partition coefficient (Wildman–Crippen LogP) is 1.15. The van der Waals surface area contributed by atoms with Crippen molar-refractivity contribution in [2.75, 3.05) is 13.1 Å². The Bertz CT molecular complexity index is 885. The summed E-state index contributed by atoms with van der Waals surface area (Å²) in [5.74, 6) is -0.725. The van der Waals surface area contributed by atoms with Gasteiger partial charge in [0.15, 0.2) is 0 Å². The van der Waals surface area contributed by atoms with Crippen LogP contribution in [0.3, 0.4) is 0 Å². The van der Waals surface area contributed by atoms with Crippen molar-refractivity contribution in [3.05, 3.63) is 34.9 Å². The molecule has 7 nitrogen and oxygen atoms in total. The van der Waals surface area contributed by atoms with Crippen molar-refractivity contribution in [2.45, 2.75) is 63.7 Å². The van der Waals surface area contributed by atoms with E-state index in [0.717, 1.165) is 43.6 Å². The Kier molecular flexibility index (Phi) is 4.47. The number of nitrogens with one attached hydrogen (secondary N) is 1. The van der Waals surface area contributed by atoms with Gasteiger partial charge in [0.1, 0.15) is 6.04 Å². The van der Waals surface area contributed by atoms with Crippen LogP contribution in [0.15, 0.2) is 18.2 Å². The summed E-state index contributed by atoms with van der Waals surface area (Å²) in [4.78, 5) is 40.8. The molecule has 3 aliphatic heterocycles. The molecule has 1 aromatic rings. The summed E-state index contributed by atoms with van der Waals surface area (Å²) < 4.78 is 0. The minimum atomic E-state index is -0.563. The third-order valence-corrected chi connectivity index (χ3v) is 7.51. The molecule has 0 aromatic heterocycles. The molecule has 1 spiro atoms. The van der Waals surface area contributed by atoms with E-state index in [4.69, 9.17) is 5.73 Å². The number of likely N-dealkylation sites (tertiary alicyclic amines) is 1. The maximum atomic E-state index is 13.0. The van der Waals surface area contributed by atoms with E-state index in [-0.39, 0.29) is 29.6 Å². The van der Waals surface area contributed by atoms with Gasteiger partial charge in [-0.25, -0.2) is 0 Å². The van der Waals surface area contributed by atoms with Crippen LogP contribution in [0.4, 0.5) is 0 Å². The maximum Gasteiger partial charge on any atom is 0.255 e. The molecule has 7 heteroatoms. The summed E-state index contributed by atoms with van der Waals surface area (Å²) in [7, 11) is 0. The van der Waals surface area contributed by atoms with Gasteiger partial charge in [0.2, 0.25) is 11.8 Å². The van der Waals surface area contributed by atoms with Crippen LogP contribution in [-0.2, 0) is 22.7 Å². The molecule has 1 aliphatic carbocycles. The lowest BCUT2D eigenvalue weighted by atomic mass is 9.82. The standard InChI is InChI=1S/C22H28N4O3/c23-18-5-2-8-22(18)9-10-25(13-22)11-14-3-1-4-15-16(14)12-26(21(15)29)17-6-7-19(27)24-20(17)28/h1,3-4,17-18H,2,5-13,23H2,(H,24,27,28). The van der Waals surface area contributed by atoms with E-state index in [0.29, 0.717) is 24.6 Å². The molecule has 3 atom stereocenters. The summed E-state index contributed by atoms with van der Waals surface area (Å²) in [6.45, 7) is 3.33. The Morgan fingerprint density at radius 1 is 1.17 bits per heavy atom. The Labute approximate surface area is 170 Å². The smallest absolute Gasteiger partial charge is 0.255 e. The van der Waals surface area contributed by atoms with Crippen molar-refractivity contribution in [3.63, 3.8) is 0 Å². The third kappa shape index (κ3) is 3.07. The molecule has 4 aliphatic rings. The van der Waals surface area contributed by atoms with E-state index in [1.165, 1.54) is 12.8 Å². The van der Waals surface area contributed by atoms with E-state index in [2.05, 4.69) is 16.3 Å². The zero-order chi connectivity index (χ0) is 20.2. The van der Waals surface area contributed by atoms with Gasteiger partial charge in [0.25, 0.3) is 5.91 Å².